The number of nitrogens with one attached hydrogen (secondary N) is 1. The number of aromatic nitrogens is 4. The molecule has 9 heteroatoms. The SMILES string of the molecule is CCOc1ccccc1NC(=O)CSc1nnnn1-c1ccccc1OC. The standard InChI is InChI=1S/C18H19N5O3S/c1-3-26-15-10-6-4-8-13(15)19-17(24)12-27-18-20-21-22-23(18)14-9-5-7-11-16(14)25-2/h4-11H,3,12H2,1-2H3,(H,19,24). The number of methoxy groups -OCH3 is 1. The van der Waals surface area contributed by atoms with Crippen LogP contribution >= 0.6 is 11.8 Å². The molecule has 8 nitrogen and oxygen atoms in total. The fourth-order valence-corrected chi connectivity index (χ4v) is 3.08. The van der Waals surface area contributed by atoms with Crippen LogP contribution in [0.3, 0.4) is 0 Å². The van der Waals surface area contributed by atoms with E-state index in [-0.39, 0.29) is 11.7 Å². The molecule has 0 aliphatic heterocycles. The van der Waals surface area contributed by atoms with Crippen molar-refractivity contribution in [2.45, 2.75) is 12.1 Å². The van der Waals surface area contributed by atoms with Crippen LogP contribution in [0, 0.1) is 0 Å². The summed E-state index contributed by atoms with van der Waals surface area (Å²) in [5, 5.41) is 15.1. The Morgan fingerprint density at radius 2 is 1.89 bits per heavy atom. The highest BCUT2D eigenvalue weighted by atomic mass is 32.2. The van der Waals surface area contributed by atoms with Crippen LogP contribution in [0.5, 0.6) is 11.5 Å². The zero-order chi connectivity index (χ0) is 19.1. The Kier molecular flexibility index (Phi) is 6.26. The van der Waals surface area contributed by atoms with Gasteiger partial charge < -0.3 is 14.8 Å². The van der Waals surface area contributed by atoms with E-state index >= 15 is 0 Å². The molecule has 0 saturated carbocycles. The Hall–Kier alpha value is -3.07. The van der Waals surface area contributed by atoms with Gasteiger partial charge in [0.1, 0.15) is 17.2 Å². The zero-order valence-corrected chi connectivity index (χ0v) is 15.8. The van der Waals surface area contributed by atoms with Crippen molar-refractivity contribution in [1.82, 2.24) is 20.2 Å². The smallest absolute Gasteiger partial charge is 0.234 e. The van der Waals surface area contributed by atoms with E-state index in [0.717, 1.165) is 0 Å². The average molecular weight is 385 g/mol. The number of amides is 1. The molecule has 0 aliphatic rings. The van der Waals surface area contributed by atoms with E-state index < -0.39 is 0 Å². The maximum absolute atomic E-state index is 12.3. The maximum atomic E-state index is 12.3. The van der Waals surface area contributed by atoms with E-state index in [1.807, 2.05) is 49.4 Å². The number of thioether (sulfide) groups is 1. The third-order valence-electron chi connectivity index (χ3n) is 3.55. The highest BCUT2D eigenvalue weighted by molar-refractivity contribution is 7.99. The van der Waals surface area contributed by atoms with Gasteiger partial charge in [0.15, 0.2) is 0 Å². The first-order valence-corrected chi connectivity index (χ1v) is 9.27. The number of carbonyl (C=O) groups excluding carboxylic acids is 1. The Labute approximate surface area is 160 Å². The molecule has 1 N–H and O–H groups in total. The Bertz CT molecular complexity index is 915. The van der Waals surface area contributed by atoms with Crippen molar-refractivity contribution in [3.8, 4) is 17.2 Å². The van der Waals surface area contributed by atoms with Gasteiger partial charge in [0.2, 0.25) is 11.1 Å². The maximum Gasteiger partial charge on any atom is 0.234 e. The molecular formula is C18H19N5O3S. The van der Waals surface area contributed by atoms with Gasteiger partial charge in [-0.25, -0.2) is 0 Å². The van der Waals surface area contributed by atoms with Gasteiger partial charge in [0.25, 0.3) is 0 Å². The number of rotatable bonds is 8. The van der Waals surface area contributed by atoms with Gasteiger partial charge in [0, 0.05) is 0 Å². The fraction of sp³-hybridized carbons (Fsp3) is 0.222. The van der Waals surface area contributed by atoms with Crippen molar-refractivity contribution in [3.63, 3.8) is 0 Å². The summed E-state index contributed by atoms with van der Waals surface area (Å²) in [6.45, 7) is 2.42. The van der Waals surface area contributed by atoms with E-state index in [1.54, 1.807) is 17.9 Å². The molecule has 140 valence electrons. The lowest BCUT2D eigenvalue weighted by molar-refractivity contribution is -0.113. The number of hydrogen-bond donors (Lipinski definition) is 1. The first-order valence-electron chi connectivity index (χ1n) is 8.29. The van der Waals surface area contributed by atoms with Gasteiger partial charge in [-0.2, -0.15) is 4.68 Å². The molecule has 3 aromatic rings. The van der Waals surface area contributed by atoms with E-state index in [9.17, 15) is 4.79 Å². The van der Waals surface area contributed by atoms with Crippen molar-refractivity contribution < 1.29 is 14.3 Å². The summed E-state index contributed by atoms with van der Waals surface area (Å²) >= 11 is 1.23. The lowest BCUT2D eigenvalue weighted by atomic mass is 10.3. The molecule has 1 heterocycles. The second kappa shape index (κ2) is 9.04. The monoisotopic (exact) mass is 385 g/mol. The summed E-state index contributed by atoms with van der Waals surface area (Å²) in [4.78, 5) is 12.3. The lowest BCUT2D eigenvalue weighted by Gasteiger charge is -2.11. The Morgan fingerprint density at radius 3 is 2.67 bits per heavy atom. The summed E-state index contributed by atoms with van der Waals surface area (Å²) in [5.41, 5.74) is 1.34. The summed E-state index contributed by atoms with van der Waals surface area (Å²) < 4.78 is 12.4. The van der Waals surface area contributed by atoms with Gasteiger partial charge in [-0.3, -0.25) is 4.79 Å². The van der Waals surface area contributed by atoms with E-state index in [2.05, 4.69) is 20.8 Å². The normalized spacial score (nSPS) is 10.4. The number of nitrogens with zero attached hydrogens (tertiary/aromatic N) is 4. The van der Waals surface area contributed by atoms with Crippen molar-refractivity contribution >= 4 is 23.4 Å². The lowest BCUT2D eigenvalue weighted by Crippen LogP contribution is -2.15. The predicted molar refractivity (Wildman–Crippen MR) is 103 cm³/mol. The number of carbonyl (C=O) groups is 1. The minimum Gasteiger partial charge on any atom is -0.494 e. The average Bonchev–Trinajstić information content (AvgIpc) is 3.16. The summed E-state index contributed by atoms with van der Waals surface area (Å²) in [6.07, 6.45) is 0. The van der Waals surface area contributed by atoms with Gasteiger partial charge >= 0.3 is 0 Å². The first kappa shape index (κ1) is 18.7. The Morgan fingerprint density at radius 1 is 1.15 bits per heavy atom. The molecule has 0 spiro atoms. The molecule has 0 atom stereocenters. The number of ether oxygens (including phenoxy) is 2. The number of hydrogen-bond acceptors (Lipinski definition) is 7. The van der Waals surface area contributed by atoms with Crippen LogP contribution in [-0.4, -0.2) is 45.6 Å². The van der Waals surface area contributed by atoms with Gasteiger partial charge in [-0.1, -0.05) is 36.0 Å². The van der Waals surface area contributed by atoms with Crippen molar-refractivity contribution in [3.05, 3.63) is 48.5 Å². The summed E-state index contributed by atoms with van der Waals surface area (Å²) in [5.74, 6) is 1.25. The Balaban J connectivity index is 1.68. The molecule has 0 bridgehead atoms. The summed E-state index contributed by atoms with van der Waals surface area (Å²) in [7, 11) is 1.58. The topological polar surface area (TPSA) is 91.2 Å². The highest BCUT2D eigenvalue weighted by Crippen LogP contribution is 2.27. The van der Waals surface area contributed by atoms with Crippen LogP contribution in [-0.2, 0) is 4.79 Å². The molecule has 2 aromatic carbocycles. The first-order chi connectivity index (χ1) is 13.2. The van der Waals surface area contributed by atoms with Crippen LogP contribution in [0.2, 0.25) is 0 Å². The molecule has 0 saturated heterocycles. The van der Waals surface area contributed by atoms with Crippen LogP contribution in [0.15, 0.2) is 53.7 Å². The molecule has 0 aliphatic carbocycles. The van der Waals surface area contributed by atoms with E-state index in [0.29, 0.717) is 34.6 Å². The minimum atomic E-state index is -0.179. The molecule has 27 heavy (non-hydrogen) atoms. The highest BCUT2D eigenvalue weighted by Gasteiger charge is 2.15. The van der Waals surface area contributed by atoms with Gasteiger partial charge in [-0.05, 0) is 41.6 Å². The van der Waals surface area contributed by atoms with Gasteiger partial charge in [0.05, 0.1) is 25.2 Å². The largest absolute Gasteiger partial charge is 0.494 e. The molecule has 1 aromatic heterocycles. The number of para-hydroxylation sites is 4. The van der Waals surface area contributed by atoms with Crippen molar-refractivity contribution in [1.29, 1.82) is 0 Å². The third kappa shape index (κ3) is 4.56. The second-order valence-corrected chi connectivity index (χ2v) is 6.25. The third-order valence-corrected chi connectivity index (χ3v) is 4.47. The number of benzene rings is 2. The molecule has 0 fully saturated rings. The second-order valence-electron chi connectivity index (χ2n) is 5.31. The van der Waals surface area contributed by atoms with Crippen molar-refractivity contribution in [2.24, 2.45) is 0 Å². The fourth-order valence-electron chi connectivity index (χ4n) is 2.39. The van der Waals surface area contributed by atoms with E-state index in [4.69, 9.17) is 9.47 Å². The predicted octanol–water partition coefficient (Wildman–Crippen LogP) is 2.80. The summed E-state index contributed by atoms with van der Waals surface area (Å²) in [6, 6.07) is 14.7. The quantitative estimate of drug-likeness (QED) is 0.596. The zero-order valence-electron chi connectivity index (χ0n) is 15.0. The van der Waals surface area contributed by atoms with Gasteiger partial charge in [-0.15, -0.1) is 5.10 Å². The van der Waals surface area contributed by atoms with Crippen LogP contribution < -0.4 is 14.8 Å². The molecule has 0 radical (unpaired) electrons. The molecule has 0 unspecified atom stereocenters. The van der Waals surface area contributed by atoms with E-state index in [1.165, 1.54) is 11.8 Å². The van der Waals surface area contributed by atoms with Crippen LogP contribution in [0.1, 0.15) is 6.92 Å². The van der Waals surface area contributed by atoms with Crippen molar-refractivity contribution in [2.75, 3.05) is 24.8 Å². The molecular weight excluding hydrogens is 366 g/mol. The molecule has 1 amide bonds. The number of anilines is 1. The van der Waals surface area contributed by atoms with Crippen LogP contribution in [0.4, 0.5) is 5.69 Å². The number of tetrazole rings is 1. The molecule has 3 rings (SSSR count). The minimum absolute atomic E-state index is 0.149. The van der Waals surface area contributed by atoms with Crippen LogP contribution in [0.25, 0.3) is 5.69 Å².